The molecule has 0 radical (unpaired) electrons. The van der Waals surface area contributed by atoms with Crippen molar-refractivity contribution in [2.24, 2.45) is 0 Å². The molecule has 0 bridgehead atoms. The lowest BCUT2D eigenvalue weighted by atomic mass is 10.4. The highest BCUT2D eigenvalue weighted by Crippen LogP contribution is 1.71. The Labute approximate surface area is 70.1 Å². The van der Waals surface area contributed by atoms with Crippen LogP contribution < -0.4 is 0 Å². The van der Waals surface area contributed by atoms with Crippen LogP contribution in [0.1, 0.15) is 0 Å². The van der Waals surface area contributed by atoms with Gasteiger partial charge in [-0.05, 0) is 0 Å². The third kappa shape index (κ3) is 33.2. The summed E-state index contributed by atoms with van der Waals surface area (Å²) in [4.78, 5) is 0. The van der Waals surface area contributed by atoms with Crippen molar-refractivity contribution >= 4 is 0 Å². The molecule has 0 aliphatic rings. The summed E-state index contributed by atoms with van der Waals surface area (Å²) < 4.78 is 0. The Morgan fingerprint density at radius 3 is 1.00 bits per heavy atom. The van der Waals surface area contributed by atoms with E-state index in [-0.39, 0.29) is 37.4 Å². The first-order valence-electron chi connectivity index (χ1n) is 2.84. The van der Waals surface area contributed by atoms with Crippen LogP contribution in [0.5, 0.6) is 0 Å². The third-order valence-corrected chi connectivity index (χ3v) is 0.521. The van der Waals surface area contributed by atoms with Crippen LogP contribution in [0.3, 0.4) is 0 Å². The van der Waals surface area contributed by atoms with Crippen LogP contribution in [0.15, 0.2) is 0 Å². The zero-order valence-corrected chi connectivity index (χ0v) is 6.64. The summed E-state index contributed by atoms with van der Waals surface area (Å²) in [5.74, 6) is 0. The van der Waals surface area contributed by atoms with Gasteiger partial charge in [-0.15, -0.1) is 0 Å². The van der Waals surface area contributed by atoms with E-state index in [9.17, 15) is 0 Å². The molecule has 12 heavy (non-hydrogen) atoms. The summed E-state index contributed by atoms with van der Waals surface area (Å²) in [5, 5.41) is 39.3. The number of hydrogen-bond donors (Lipinski definition) is 5. The average molecular weight is 190 g/mol. The van der Waals surface area contributed by atoms with E-state index in [0.29, 0.717) is 0 Å². The van der Waals surface area contributed by atoms with E-state index in [1.165, 1.54) is 0 Å². The lowest BCUT2D eigenvalue weighted by Gasteiger charge is -1.96. The van der Waals surface area contributed by atoms with E-state index in [2.05, 4.69) is 0 Å². The Morgan fingerprint density at radius 1 is 0.750 bits per heavy atom. The minimum absolute atomic E-state index is 0. The Morgan fingerprint density at radius 2 is 1.00 bits per heavy atom. The van der Waals surface area contributed by atoms with Crippen LogP contribution in [-0.2, 0) is 0 Å². The molecule has 0 saturated heterocycles. The van der Waals surface area contributed by atoms with Crippen LogP contribution >= 0.6 is 0 Å². The predicted molar refractivity (Wildman–Crippen MR) is 41.6 cm³/mol. The topological polar surface area (TPSA) is 164 Å². The van der Waals surface area contributed by atoms with Crippen LogP contribution in [0.4, 0.5) is 0 Å². The van der Waals surface area contributed by atoms with E-state index in [1.807, 2.05) is 0 Å². The van der Waals surface area contributed by atoms with Gasteiger partial charge in [0.25, 0.3) is 0 Å². The van der Waals surface area contributed by atoms with Gasteiger partial charge in [0.1, 0.15) is 6.10 Å². The van der Waals surface area contributed by atoms with Gasteiger partial charge in [0.05, 0.1) is 26.4 Å². The van der Waals surface area contributed by atoms with Crippen molar-refractivity contribution < 1.29 is 36.5 Å². The Balaban J connectivity index is -0.0000000483. The molecule has 0 aliphatic carbocycles. The zero-order valence-electron chi connectivity index (χ0n) is 6.64. The van der Waals surface area contributed by atoms with Crippen LogP contribution in [0.25, 0.3) is 0 Å². The Bertz CT molecular complexity index is 45.1. The summed E-state index contributed by atoms with van der Waals surface area (Å²) in [7, 11) is 0. The normalized spacial score (nSPS) is 7.50. The van der Waals surface area contributed by atoms with E-state index < -0.39 is 6.10 Å². The van der Waals surface area contributed by atoms with Gasteiger partial charge in [-0.1, -0.05) is 0 Å². The first-order valence-corrected chi connectivity index (χ1v) is 2.84. The first-order chi connectivity index (χ1) is 4.72. The maximum absolute atomic E-state index is 8.17. The fourth-order valence-corrected chi connectivity index (χ4v) is 0.0577. The van der Waals surface area contributed by atoms with E-state index in [4.69, 9.17) is 25.5 Å². The Hall–Kier alpha value is -0.280. The zero-order chi connectivity index (χ0) is 8.41. The second-order valence-corrected chi connectivity index (χ2v) is 1.47. The average Bonchev–Trinajstić information content (AvgIpc) is 2.03. The summed E-state index contributed by atoms with van der Waals surface area (Å²) in [6.07, 6.45) is -0.954. The SMILES string of the molecule is O.O.OCC(O)CO.OCCO. The molecule has 0 spiro atoms. The van der Waals surface area contributed by atoms with Crippen molar-refractivity contribution in [2.45, 2.75) is 6.10 Å². The lowest BCUT2D eigenvalue weighted by Crippen LogP contribution is -2.15. The monoisotopic (exact) mass is 190 g/mol. The molecule has 0 aromatic rings. The van der Waals surface area contributed by atoms with Crippen molar-refractivity contribution in [1.29, 1.82) is 0 Å². The van der Waals surface area contributed by atoms with Crippen LogP contribution in [-0.4, -0.2) is 69.0 Å². The van der Waals surface area contributed by atoms with Gasteiger partial charge in [-0.3, -0.25) is 0 Å². The summed E-state index contributed by atoms with van der Waals surface area (Å²) in [5.41, 5.74) is 0. The molecule has 0 amide bonds. The van der Waals surface area contributed by atoms with Gasteiger partial charge in [0, 0.05) is 0 Å². The number of hydrogen-bond acceptors (Lipinski definition) is 5. The number of aliphatic hydroxyl groups is 5. The van der Waals surface area contributed by atoms with E-state index in [0.717, 1.165) is 0 Å². The molecule has 0 atom stereocenters. The van der Waals surface area contributed by atoms with Crippen molar-refractivity contribution in [2.75, 3.05) is 26.4 Å². The third-order valence-electron chi connectivity index (χ3n) is 0.521. The van der Waals surface area contributed by atoms with E-state index >= 15 is 0 Å². The molecule has 7 nitrogen and oxygen atoms in total. The molecule has 0 rings (SSSR count). The summed E-state index contributed by atoms with van der Waals surface area (Å²) in [6, 6.07) is 0. The van der Waals surface area contributed by atoms with E-state index in [1.54, 1.807) is 0 Å². The predicted octanol–water partition coefficient (Wildman–Crippen LogP) is -4.35. The fraction of sp³-hybridized carbons (Fsp3) is 1.00. The maximum Gasteiger partial charge on any atom is 0.100 e. The van der Waals surface area contributed by atoms with Gasteiger partial charge in [-0.25, -0.2) is 0 Å². The molecule has 0 aliphatic heterocycles. The highest BCUT2D eigenvalue weighted by Gasteiger charge is 1.93. The number of rotatable bonds is 3. The second-order valence-electron chi connectivity index (χ2n) is 1.47. The fourth-order valence-electron chi connectivity index (χ4n) is 0.0577. The van der Waals surface area contributed by atoms with Crippen molar-refractivity contribution in [1.82, 2.24) is 0 Å². The smallest absolute Gasteiger partial charge is 0.100 e. The van der Waals surface area contributed by atoms with Crippen molar-refractivity contribution in [3.05, 3.63) is 0 Å². The number of aliphatic hydroxyl groups excluding tert-OH is 5. The molecule has 80 valence electrons. The minimum Gasteiger partial charge on any atom is -0.412 e. The lowest BCUT2D eigenvalue weighted by molar-refractivity contribution is 0.0450. The summed E-state index contributed by atoms with van der Waals surface area (Å²) in [6.45, 7) is -0.979. The molecule has 0 fully saturated rings. The molecule has 9 N–H and O–H groups in total. The van der Waals surface area contributed by atoms with Gasteiger partial charge in [-0.2, -0.15) is 0 Å². The second kappa shape index (κ2) is 22.4. The largest absolute Gasteiger partial charge is 0.412 e. The molecule has 0 aromatic heterocycles. The maximum atomic E-state index is 8.17. The molecule has 7 heteroatoms. The van der Waals surface area contributed by atoms with Crippen molar-refractivity contribution in [3.63, 3.8) is 0 Å². The molecule has 0 unspecified atom stereocenters. The van der Waals surface area contributed by atoms with Gasteiger partial charge < -0.3 is 36.5 Å². The first kappa shape index (κ1) is 22.6. The quantitative estimate of drug-likeness (QED) is 0.303. The summed E-state index contributed by atoms with van der Waals surface area (Å²) >= 11 is 0. The molecule has 0 heterocycles. The van der Waals surface area contributed by atoms with Gasteiger partial charge in [0.15, 0.2) is 0 Å². The molecule has 0 saturated carbocycles. The van der Waals surface area contributed by atoms with Crippen LogP contribution in [0.2, 0.25) is 0 Å². The standard InChI is InChI=1S/C3H8O3.C2H6O2.2H2O/c4-1-3(6)2-5;3-1-2-4;;/h3-6H,1-2H2;3-4H,1-2H2;2*1H2. The minimum atomic E-state index is -0.954. The molecular weight excluding hydrogens is 172 g/mol. The Kier molecular flexibility index (Phi) is 42.2. The molecular formula is C5H18O7. The van der Waals surface area contributed by atoms with Crippen molar-refractivity contribution in [3.8, 4) is 0 Å². The van der Waals surface area contributed by atoms with Gasteiger partial charge >= 0.3 is 0 Å². The highest BCUT2D eigenvalue weighted by atomic mass is 16.3. The van der Waals surface area contributed by atoms with Gasteiger partial charge in [0.2, 0.25) is 0 Å². The highest BCUT2D eigenvalue weighted by molar-refractivity contribution is 4.43. The van der Waals surface area contributed by atoms with Crippen LogP contribution in [0, 0.1) is 0 Å². The molecule has 0 aromatic carbocycles.